The van der Waals surface area contributed by atoms with E-state index in [1.807, 2.05) is 0 Å². The first-order valence-electron chi connectivity index (χ1n) is 7.51. The third-order valence-corrected chi connectivity index (χ3v) is 3.62. The highest BCUT2D eigenvalue weighted by atomic mass is 19.4. The Morgan fingerprint density at radius 3 is 1.14 bits per heavy atom. The molecule has 1 atom stereocenters. The summed E-state index contributed by atoms with van der Waals surface area (Å²) in [4.78, 5) is 0. The van der Waals surface area contributed by atoms with Crippen LogP contribution < -0.4 is 0 Å². The predicted molar refractivity (Wildman–Crippen MR) is 63.0 cm³/mol. The van der Waals surface area contributed by atoms with Crippen molar-refractivity contribution in [2.45, 2.75) is 60.3 Å². The van der Waals surface area contributed by atoms with Crippen molar-refractivity contribution in [1.82, 2.24) is 0 Å². The first kappa shape index (κ1) is 34.9. The molecule has 0 amide bonds. The van der Waals surface area contributed by atoms with E-state index >= 15 is 0 Å². The Morgan fingerprint density at radius 1 is 0.486 bits per heavy atom. The largest absolute Gasteiger partial charge is 0.471 e. The van der Waals surface area contributed by atoms with Crippen LogP contribution in [-0.2, 0) is 9.47 Å². The first-order chi connectivity index (χ1) is 15.7. The van der Waals surface area contributed by atoms with E-state index in [9.17, 15) is 101 Å². The van der Waals surface area contributed by atoms with E-state index < -0.39 is 72.4 Å². The van der Waals surface area contributed by atoms with E-state index in [1.54, 1.807) is 4.74 Å². The third-order valence-electron chi connectivity index (χ3n) is 3.62. The SMILES string of the molecule is FC(F)=C(F)OC(F)(F)C(F)(OC(F)(F)C(F)(F)C(F)(F)C(F)(F)C(F)(F)C(F)(F)C(F)F)C(F)(F)F. The second kappa shape index (κ2) is 9.27. The zero-order valence-corrected chi connectivity index (χ0v) is 15.6. The maximum absolute atomic E-state index is 13.7. The molecule has 0 saturated carbocycles. The van der Waals surface area contributed by atoms with Crippen LogP contribution in [0, 0.1) is 0 Å². The van der Waals surface area contributed by atoms with Gasteiger partial charge in [-0.3, -0.25) is 4.74 Å². The molecule has 222 valence electrons. The molecule has 0 heterocycles. The second-order valence-corrected chi connectivity index (χ2v) is 6.09. The quantitative estimate of drug-likeness (QED) is 0.174. The molecule has 0 saturated heterocycles. The number of halogens is 23. The molecular weight excluding hydrogens is 613 g/mol. The molecule has 0 bridgehead atoms. The Bertz CT molecular complexity index is 850. The zero-order valence-electron chi connectivity index (χ0n) is 15.6. The van der Waals surface area contributed by atoms with Gasteiger partial charge < -0.3 is 4.74 Å². The van der Waals surface area contributed by atoms with Crippen LogP contribution in [0.2, 0.25) is 0 Å². The Balaban J connectivity index is 6.97. The van der Waals surface area contributed by atoms with Gasteiger partial charge in [0.2, 0.25) is 0 Å². The van der Waals surface area contributed by atoms with Crippen LogP contribution >= 0.6 is 0 Å². The van der Waals surface area contributed by atoms with Gasteiger partial charge in [-0.1, -0.05) is 0 Å². The monoisotopic (exact) mass is 614 g/mol. The van der Waals surface area contributed by atoms with Gasteiger partial charge in [0.25, 0.3) is 0 Å². The molecule has 0 fully saturated rings. The minimum atomic E-state index is -9.02. The molecule has 1 unspecified atom stereocenters. The van der Waals surface area contributed by atoms with E-state index in [1.165, 1.54) is 0 Å². The number of alkyl halides is 20. The molecule has 0 aliphatic carbocycles. The number of hydrogen-bond acceptors (Lipinski definition) is 2. The molecule has 37 heavy (non-hydrogen) atoms. The molecule has 0 rings (SSSR count). The Hall–Kier alpha value is -2.11. The lowest BCUT2D eigenvalue weighted by Crippen LogP contribution is -2.73. The standard InChI is InChI=1S/C12HF23O2/c13-1(14)2(15)36-12(34,35)9(28,10(29,30)31)37-11(32,33)8(26,27)7(24,25)6(22,23)5(20,21)4(18,19)3(16)17/h3H. The summed E-state index contributed by atoms with van der Waals surface area (Å²) in [5, 5.41) is 0. The second-order valence-electron chi connectivity index (χ2n) is 6.09. The summed E-state index contributed by atoms with van der Waals surface area (Å²) in [6, 6.07) is -4.30. The fourth-order valence-electron chi connectivity index (χ4n) is 1.66. The average Bonchev–Trinajstić information content (AvgIpc) is 2.65. The van der Waals surface area contributed by atoms with Gasteiger partial charge in [-0.25, -0.2) is 8.78 Å². The van der Waals surface area contributed by atoms with Crippen molar-refractivity contribution in [1.29, 1.82) is 0 Å². The minimum Gasteiger partial charge on any atom is -0.398 e. The fourth-order valence-corrected chi connectivity index (χ4v) is 1.66. The molecule has 0 N–H and O–H groups in total. The molecular formula is C12HF23O2. The van der Waals surface area contributed by atoms with Crippen LogP contribution in [0.5, 0.6) is 0 Å². The lowest BCUT2D eigenvalue weighted by atomic mass is 9.93. The summed E-state index contributed by atoms with van der Waals surface area (Å²) in [6.45, 7) is 0. The van der Waals surface area contributed by atoms with Crippen molar-refractivity contribution < 1.29 is 110 Å². The van der Waals surface area contributed by atoms with Crippen molar-refractivity contribution in [2.75, 3.05) is 0 Å². The molecule has 0 radical (unpaired) electrons. The smallest absolute Gasteiger partial charge is 0.398 e. The molecule has 2 nitrogen and oxygen atoms in total. The average molecular weight is 614 g/mol. The van der Waals surface area contributed by atoms with Crippen LogP contribution in [0.15, 0.2) is 12.1 Å². The molecule has 0 aromatic heterocycles. The minimum absolute atomic E-state index is 1.05. The van der Waals surface area contributed by atoms with Gasteiger partial charge in [-0.2, -0.15) is 92.2 Å². The summed E-state index contributed by atoms with van der Waals surface area (Å²) in [5.41, 5.74) is 0. The van der Waals surface area contributed by atoms with Gasteiger partial charge >= 0.3 is 72.4 Å². The summed E-state index contributed by atoms with van der Waals surface area (Å²) < 4.78 is 298. The van der Waals surface area contributed by atoms with Crippen molar-refractivity contribution in [3.63, 3.8) is 0 Å². The van der Waals surface area contributed by atoms with Gasteiger partial charge in [-0.05, 0) is 0 Å². The van der Waals surface area contributed by atoms with Crippen LogP contribution in [0.3, 0.4) is 0 Å². The van der Waals surface area contributed by atoms with Crippen LogP contribution in [-0.4, -0.2) is 60.3 Å². The Labute approximate surface area is 184 Å². The van der Waals surface area contributed by atoms with Crippen LogP contribution in [0.1, 0.15) is 0 Å². The maximum atomic E-state index is 13.7. The van der Waals surface area contributed by atoms with Crippen molar-refractivity contribution in [3.05, 3.63) is 12.1 Å². The van der Waals surface area contributed by atoms with E-state index in [-0.39, 0.29) is 0 Å². The van der Waals surface area contributed by atoms with Gasteiger partial charge in [0.05, 0.1) is 0 Å². The molecule has 0 aliphatic heterocycles. The van der Waals surface area contributed by atoms with Crippen LogP contribution in [0.25, 0.3) is 0 Å². The molecule has 0 spiro atoms. The fraction of sp³-hybridized carbons (Fsp3) is 0.833. The molecule has 0 aliphatic rings. The van der Waals surface area contributed by atoms with Gasteiger partial charge in [0.15, 0.2) is 0 Å². The van der Waals surface area contributed by atoms with Gasteiger partial charge in [-0.15, -0.1) is 0 Å². The highest BCUT2D eigenvalue weighted by molar-refractivity contribution is 5.11. The van der Waals surface area contributed by atoms with Crippen molar-refractivity contribution in [2.24, 2.45) is 0 Å². The molecule has 0 aromatic rings. The molecule has 25 heteroatoms. The number of ether oxygens (including phenoxy) is 2. The maximum Gasteiger partial charge on any atom is 0.471 e. The number of hydrogen-bond donors (Lipinski definition) is 0. The summed E-state index contributed by atoms with van der Waals surface area (Å²) in [7, 11) is 0. The van der Waals surface area contributed by atoms with Crippen molar-refractivity contribution in [3.8, 4) is 0 Å². The lowest BCUT2D eigenvalue weighted by molar-refractivity contribution is -0.535. The van der Waals surface area contributed by atoms with Crippen LogP contribution in [0.4, 0.5) is 101 Å². The van der Waals surface area contributed by atoms with Crippen molar-refractivity contribution >= 4 is 0 Å². The summed E-state index contributed by atoms with van der Waals surface area (Å²) >= 11 is 0. The molecule has 0 aromatic carbocycles. The Morgan fingerprint density at radius 2 is 0.838 bits per heavy atom. The predicted octanol–water partition coefficient (Wildman–Crippen LogP) is 7.91. The van der Waals surface area contributed by atoms with E-state index in [2.05, 4.69) is 0 Å². The van der Waals surface area contributed by atoms with Gasteiger partial charge in [0, 0.05) is 0 Å². The number of rotatable bonds is 11. The van der Waals surface area contributed by atoms with E-state index in [0.29, 0.717) is 0 Å². The highest BCUT2D eigenvalue weighted by Gasteiger charge is 2.93. The topological polar surface area (TPSA) is 18.5 Å². The summed E-state index contributed by atoms with van der Waals surface area (Å²) in [6.07, 6.45) is -35.0. The lowest BCUT2D eigenvalue weighted by Gasteiger charge is -2.42. The van der Waals surface area contributed by atoms with E-state index in [0.717, 1.165) is 4.74 Å². The normalized spacial score (nSPS) is 17.1. The summed E-state index contributed by atoms with van der Waals surface area (Å²) in [5.74, 6) is -51.4. The highest BCUT2D eigenvalue weighted by Crippen LogP contribution is 2.62. The first-order valence-corrected chi connectivity index (χ1v) is 7.51. The van der Waals surface area contributed by atoms with Gasteiger partial charge in [0.1, 0.15) is 0 Å². The van der Waals surface area contributed by atoms with E-state index in [4.69, 9.17) is 0 Å². The zero-order chi connectivity index (χ0) is 30.6. The Kier molecular flexibility index (Phi) is 8.74. The third kappa shape index (κ3) is 5.14.